The predicted octanol–water partition coefficient (Wildman–Crippen LogP) is 5.23. The van der Waals surface area contributed by atoms with Crippen molar-refractivity contribution >= 4 is 25.8 Å². The fraction of sp³-hybridized carbons (Fsp3) is 0.923. The van der Waals surface area contributed by atoms with Gasteiger partial charge in [-0.15, -0.1) is 0 Å². The van der Waals surface area contributed by atoms with Crippen molar-refractivity contribution in [2.24, 2.45) is 14.0 Å². The van der Waals surface area contributed by atoms with Gasteiger partial charge < -0.3 is 0 Å². The van der Waals surface area contributed by atoms with E-state index in [4.69, 9.17) is 3.21 Å². The number of hydrogen-bond donors (Lipinski definition) is 0. The minimum absolute atomic E-state index is 0.222. The van der Waals surface area contributed by atoms with E-state index in [1.54, 1.807) is 0 Å². The number of alkyl halides is 2. The van der Waals surface area contributed by atoms with Crippen LogP contribution >= 0.6 is 20.1 Å². The van der Waals surface area contributed by atoms with Crippen molar-refractivity contribution < 1.29 is 0 Å². The Bertz CT molecular complexity index is 176. The van der Waals surface area contributed by atoms with Crippen LogP contribution in [0.1, 0.15) is 55.4 Å². The molecule has 94 valence electrons. The minimum atomic E-state index is -0.998. The summed E-state index contributed by atoms with van der Waals surface area (Å²) in [4.78, 5) is 4.59. The molecule has 0 fully saturated rings. The first kappa shape index (κ1) is 17.8. The van der Waals surface area contributed by atoms with E-state index >= 15 is 0 Å². The van der Waals surface area contributed by atoms with Crippen LogP contribution in [0.15, 0.2) is 3.21 Å². The third kappa shape index (κ3) is 8.23. The summed E-state index contributed by atoms with van der Waals surface area (Å²) < 4.78 is 4.89. The molecule has 0 spiro atoms. The average molecular weight is 327 g/mol. The zero-order valence-corrected chi connectivity index (χ0v) is 14.5. The van der Waals surface area contributed by atoms with Gasteiger partial charge in [-0.05, 0) is 0 Å². The molecule has 0 aliphatic rings. The summed E-state index contributed by atoms with van der Waals surface area (Å²) in [6, 6.07) is 0. The van der Waals surface area contributed by atoms with Crippen LogP contribution in [0.2, 0.25) is 0 Å². The number of nitrogens with zero attached hydrogens (tertiary/aromatic N) is 1. The Kier molecular flexibility index (Phi) is 8.15. The van der Waals surface area contributed by atoms with Gasteiger partial charge in [0.25, 0.3) is 0 Å². The van der Waals surface area contributed by atoms with Crippen molar-refractivity contribution in [3.05, 3.63) is 0 Å². The van der Waals surface area contributed by atoms with Crippen LogP contribution in [0.4, 0.5) is 0 Å². The fourth-order valence-corrected chi connectivity index (χ4v) is 3.96. The maximum atomic E-state index is 4.89. The molecular weight excluding hydrogens is 297 g/mol. The molecule has 0 N–H and O–H groups in total. The normalized spacial score (nSPS) is 12.5. The molecule has 0 bridgehead atoms. The molecule has 15 heavy (non-hydrogen) atoms. The van der Waals surface area contributed by atoms with Crippen LogP contribution in [0.3, 0.4) is 0 Å². The van der Waals surface area contributed by atoms with E-state index in [-0.39, 0.29) is 10.8 Å². The van der Waals surface area contributed by atoms with Gasteiger partial charge in [-0.3, -0.25) is 0 Å². The third-order valence-corrected chi connectivity index (χ3v) is 3.12. The van der Waals surface area contributed by atoms with Gasteiger partial charge in [-0.2, -0.15) is 0 Å². The van der Waals surface area contributed by atoms with Crippen LogP contribution in [0, 0.1) is 10.8 Å². The van der Waals surface area contributed by atoms with Crippen molar-refractivity contribution in [1.82, 2.24) is 0 Å². The average Bonchev–Trinajstić information content (AvgIpc) is 2.00. The Hall–Kier alpha value is 0.400. The molecule has 0 aromatic carbocycles. The zero-order valence-electron chi connectivity index (χ0n) is 12.3. The van der Waals surface area contributed by atoms with E-state index in [1.807, 2.05) is 13.8 Å². The van der Waals surface area contributed by atoms with Gasteiger partial charge in [0, 0.05) is 0 Å². The van der Waals surface area contributed by atoms with Crippen LogP contribution in [0.5, 0.6) is 0 Å². The Morgan fingerprint density at radius 3 is 1.13 bits per heavy atom. The van der Waals surface area contributed by atoms with Crippen molar-refractivity contribution in [3.63, 3.8) is 0 Å². The van der Waals surface area contributed by atoms with E-state index < -0.39 is 20.1 Å². The topological polar surface area (TPSA) is 12.4 Å². The second-order valence-corrected chi connectivity index (χ2v) is 10.2. The van der Waals surface area contributed by atoms with Gasteiger partial charge >= 0.3 is 91.2 Å². The summed E-state index contributed by atoms with van der Waals surface area (Å²) in [5, 5.41) is 0. The summed E-state index contributed by atoms with van der Waals surface area (Å²) in [6.45, 7) is 17.6. The molecule has 0 saturated carbocycles. The van der Waals surface area contributed by atoms with Crippen LogP contribution in [0.25, 0.3) is 0 Å². The molecule has 0 aromatic rings. The Balaban J connectivity index is 0. The molecule has 0 unspecified atom stereocenters. The molecule has 0 aliphatic heterocycles. The second-order valence-electron chi connectivity index (χ2n) is 5.65. The zero-order chi connectivity index (χ0) is 12.9. The molecule has 0 atom stereocenters. The predicted molar refractivity (Wildman–Crippen MR) is 83.6 cm³/mol. The first-order valence-electron chi connectivity index (χ1n) is 5.65. The number of halogens is 1. The summed E-state index contributed by atoms with van der Waals surface area (Å²) in [6.07, 6.45) is 0. The van der Waals surface area contributed by atoms with Gasteiger partial charge in [0.1, 0.15) is 0 Å². The third-order valence-electron chi connectivity index (χ3n) is 1.67. The molecule has 0 amide bonds. The molecule has 0 radical (unpaired) electrons. The van der Waals surface area contributed by atoms with Gasteiger partial charge in [0.15, 0.2) is 0 Å². The summed E-state index contributed by atoms with van der Waals surface area (Å²) >= 11 is -0.998. The van der Waals surface area contributed by atoms with Crippen molar-refractivity contribution in [1.29, 1.82) is 0 Å². The SMILES string of the molecule is CC.CI(C)N=C(C(C)(C)C)C(C)(C)C. The van der Waals surface area contributed by atoms with Crippen molar-refractivity contribution in [3.8, 4) is 0 Å². The summed E-state index contributed by atoms with van der Waals surface area (Å²) in [5.41, 5.74) is 1.83. The first-order valence-corrected chi connectivity index (χ1v) is 10.9. The molecular formula is C13H30IN. The Morgan fingerprint density at radius 1 is 0.800 bits per heavy atom. The Morgan fingerprint density at radius 2 is 1.07 bits per heavy atom. The van der Waals surface area contributed by atoms with Gasteiger partial charge in [-0.25, -0.2) is 0 Å². The number of hydrogen-bond acceptors (Lipinski definition) is 1. The van der Waals surface area contributed by atoms with Gasteiger partial charge in [0.05, 0.1) is 0 Å². The molecule has 1 nitrogen and oxygen atoms in total. The van der Waals surface area contributed by atoms with Crippen LogP contribution in [-0.2, 0) is 0 Å². The standard InChI is InChI=1S/C11H24IN.C2H6/c1-10(2,3)9(11(4,5)6)13-12(7)8;1-2/h1-8H3;1-2H3. The fourth-order valence-electron chi connectivity index (χ4n) is 1.55. The van der Waals surface area contributed by atoms with E-state index in [0.717, 1.165) is 0 Å². The molecule has 0 aliphatic carbocycles. The van der Waals surface area contributed by atoms with Crippen LogP contribution < -0.4 is 0 Å². The Labute approximate surface area is 105 Å². The molecule has 0 heterocycles. The second kappa shape index (κ2) is 6.87. The van der Waals surface area contributed by atoms with Gasteiger partial charge in [-0.1, -0.05) is 13.8 Å². The summed E-state index contributed by atoms with van der Waals surface area (Å²) in [5.74, 6) is 0. The van der Waals surface area contributed by atoms with Crippen molar-refractivity contribution in [2.45, 2.75) is 55.4 Å². The van der Waals surface area contributed by atoms with E-state index in [0.29, 0.717) is 0 Å². The summed E-state index contributed by atoms with van der Waals surface area (Å²) in [7, 11) is 0. The van der Waals surface area contributed by atoms with Crippen molar-refractivity contribution in [2.75, 3.05) is 9.86 Å². The molecule has 0 saturated heterocycles. The number of rotatable bonds is 1. The first-order chi connectivity index (χ1) is 6.55. The van der Waals surface area contributed by atoms with Gasteiger partial charge in [0.2, 0.25) is 0 Å². The van der Waals surface area contributed by atoms with E-state index in [2.05, 4.69) is 51.4 Å². The molecule has 0 rings (SSSR count). The quantitative estimate of drug-likeness (QED) is 0.355. The molecule has 0 aromatic heterocycles. The molecule has 2 heteroatoms. The monoisotopic (exact) mass is 327 g/mol. The maximum absolute atomic E-state index is 4.89. The van der Waals surface area contributed by atoms with E-state index in [1.165, 1.54) is 5.71 Å². The van der Waals surface area contributed by atoms with Crippen LogP contribution in [-0.4, -0.2) is 15.6 Å². The van der Waals surface area contributed by atoms with E-state index in [9.17, 15) is 0 Å².